The second-order valence-electron chi connectivity index (χ2n) is 5.83. The Morgan fingerprint density at radius 1 is 1.15 bits per heavy atom. The van der Waals surface area contributed by atoms with E-state index >= 15 is 0 Å². The molecule has 0 N–H and O–H groups in total. The first-order chi connectivity index (χ1) is 12.4. The molecule has 0 aliphatic carbocycles. The van der Waals surface area contributed by atoms with Crippen molar-refractivity contribution in [3.63, 3.8) is 0 Å². The number of carbonyl (C=O) groups is 1. The number of halogens is 1. The van der Waals surface area contributed by atoms with Gasteiger partial charge in [0, 0.05) is 21.7 Å². The van der Waals surface area contributed by atoms with Crippen molar-refractivity contribution in [1.29, 1.82) is 0 Å². The quantitative estimate of drug-likeness (QED) is 0.779. The number of hydrogen-bond donors (Lipinski definition) is 0. The van der Waals surface area contributed by atoms with Crippen LogP contribution < -0.4 is 9.64 Å². The Labute approximate surface area is 157 Å². The average molecular weight is 392 g/mol. The summed E-state index contributed by atoms with van der Waals surface area (Å²) in [6.07, 6.45) is 1.54. The largest absolute Gasteiger partial charge is 0.494 e. The van der Waals surface area contributed by atoms with Gasteiger partial charge in [-0.1, -0.05) is 11.6 Å². The lowest BCUT2D eigenvalue weighted by molar-refractivity contribution is 0.0983. The van der Waals surface area contributed by atoms with Crippen molar-refractivity contribution in [3.05, 3.63) is 70.6 Å². The highest BCUT2D eigenvalue weighted by molar-refractivity contribution is 7.94. The lowest BCUT2D eigenvalue weighted by Crippen LogP contribution is -2.41. The van der Waals surface area contributed by atoms with Crippen molar-refractivity contribution in [2.75, 3.05) is 17.3 Å². The maximum atomic E-state index is 13.1. The van der Waals surface area contributed by atoms with Crippen LogP contribution in [0.2, 0.25) is 5.02 Å². The summed E-state index contributed by atoms with van der Waals surface area (Å²) >= 11 is 5.90. The molecule has 7 heteroatoms. The van der Waals surface area contributed by atoms with E-state index in [1.165, 1.54) is 4.90 Å². The summed E-state index contributed by atoms with van der Waals surface area (Å²) in [6, 6.07) is 13.0. The molecule has 1 aliphatic rings. The summed E-state index contributed by atoms with van der Waals surface area (Å²) in [5.74, 6) is 0.252. The van der Waals surface area contributed by atoms with Crippen molar-refractivity contribution in [1.82, 2.24) is 0 Å². The Hall–Kier alpha value is -2.31. The maximum Gasteiger partial charge on any atom is 0.258 e. The zero-order valence-corrected chi connectivity index (χ0v) is 15.7. The fourth-order valence-corrected chi connectivity index (χ4v) is 4.17. The molecule has 1 atom stereocenters. The lowest BCUT2D eigenvalue weighted by Gasteiger charge is -2.28. The van der Waals surface area contributed by atoms with Crippen LogP contribution in [0.25, 0.3) is 0 Å². The molecular formula is C19H18ClNO4S. The Kier molecular flexibility index (Phi) is 5.34. The van der Waals surface area contributed by atoms with E-state index in [2.05, 4.69) is 0 Å². The van der Waals surface area contributed by atoms with Crippen LogP contribution in [0.3, 0.4) is 0 Å². The molecule has 5 nitrogen and oxygen atoms in total. The van der Waals surface area contributed by atoms with Crippen molar-refractivity contribution >= 4 is 33.0 Å². The molecule has 0 saturated heterocycles. The SMILES string of the molecule is CCOc1ccc(N(C(=O)c2ccc(Cl)cc2)[C@@H]2C=CS(=O)(=O)C2)cc1. The number of carbonyl (C=O) groups excluding carboxylic acids is 1. The van der Waals surface area contributed by atoms with Crippen LogP contribution >= 0.6 is 11.6 Å². The minimum Gasteiger partial charge on any atom is -0.494 e. The smallest absolute Gasteiger partial charge is 0.258 e. The number of hydrogen-bond acceptors (Lipinski definition) is 4. The van der Waals surface area contributed by atoms with Gasteiger partial charge in [0.25, 0.3) is 5.91 Å². The summed E-state index contributed by atoms with van der Waals surface area (Å²) in [5, 5.41) is 1.69. The van der Waals surface area contributed by atoms with Crippen molar-refractivity contribution < 1.29 is 17.9 Å². The number of benzene rings is 2. The zero-order chi connectivity index (χ0) is 18.7. The van der Waals surface area contributed by atoms with Crippen molar-refractivity contribution in [3.8, 4) is 5.75 Å². The summed E-state index contributed by atoms with van der Waals surface area (Å²) in [4.78, 5) is 14.6. The highest BCUT2D eigenvalue weighted by atomic mass is 35.5. The highest BCUT2D eigenvalue weighted by Gasteiger charge is 2.32. The molecule has 136 valence electrons. The number of nitrogens with zero attached hydrogens (tertiary/aromatic N) is 1. The van der Waals surface area contributed by atoms with Gasteiger partial charge in [0.1, 0.15) is 5.75 Å². The van der Waals surface area contributed by atoms with Crippen molar-refractivity contribution in [2.45, 2.75) is 13.0 Å². The maximum absolute atomic E-state index is 13.1. The topological polar surface area (TPSA) is 63.7 Å². The summed E-state index contributed by atoms with van der Waals surface area (Å²) in [5.41, 5.74) is 1.03. The molecule has 0 fully saturated rings. The highest BCUT2D eigenvalue weighted by Crippen LogP contribution is 2.27. The van der Waals surface area contributed by atoms with Gasteiger partial charge >= 0.3 is 0 Å². The van der Waals surface area contributed by atoms with E-state index in [0.29, 0.717) is 28.6 Å². The van der Waals surface area contributed by atoms with E-state index < -0.39 is 15.9 Å². The Morgan fingerprint density at radius 2 is 1.81 bits per heavy atom. The molecule has 0 unspecified atom stereocenters. The first-order valence-electron chi connectivity index (χ1n) is 8.12. The van der Waals surface area contributed by atoms with E-state index in [9.17, 15) is 13.2 Å². The van der Waals surface area contributed by atoms with Gasteiger partial charge in [-0.25, -0.2) is 8.42 Å². The molecule has 0 radical (unpaired) electrons. The molecule has 1 amide bonds. The normalized spacial score (nSPS) is 17.8. The van der Waals surface area contributed by atoms with Crippen LogP contribution in [0.1, 0.15) is 17.3 Å². The Bertz CT molecular complexity index is 921. The lowest BCUT2D eigenvalue weighted by atomic mass is 10.1. The summed E-state index contributed by atoms with van der Waals surface area (Å²) in [6.45, 7) is 2.43. The average Bonchev–Trinajstić information content (AvgIpc) is 2.97. The predicted octanol–water partition coefficient (Wildman–Crippen LogP) is 3.70. The minimum atomic E-state index is -3.31. The first kappa shape index (κ1) is 18.5. The van der Waals surface area contributed by atoms with E-state index in [4.69, 9.17) is 16.3 Å². The number of sulfone groups is 1. The molecule has 0 aromatic heterocycles. The third-order valence-electron chi connectivity index (χ3n) is 3.98. The zero-order valence-electron chi connectivity index (χ0n) is 14.1. The second kappa shape index (κ2) is 7.51. The molecule has 2 aromatic carbocycles. The van der Waals surface area contributed by atoms with Gasteiger partial charge in [-0.05, 0) is 61.5 Å². The van der Waals surface area contributed by atoms with Gasteiger partial charge in [0.15, 0.2) is 9.84 Å². The van der Waals surface area contributed by atoms with Gasteiger partial charge in [-0.3, -0.25) is 4.79 Å². The van der Waals surface area contributed by atoms with E-state index in [-0.39, 0.29) is 11.7 Å². The minimum absolute atomic E-state index is 0.139. The molecule has 0 saturated carbocycles. The standard InChI is InChI=1S/C19H18ClNO4S/c1-2-25-18-9-7-16(8-10-18)21(17-11-12-26(23,24)13-17)19(22)14-3-5-15(20)6-4-14/h3-12,17H,2,13H2,1H3/t17-/m1/s1. The van der Waals surface area contributed by atoms with Crippen LogP contribution in [0, 0.1) is 0 Å². The first-order valence-corrected chi connectivity index (χ1v) is 10.2. The number of rotatable bonds is 5. The Balaban J connectivity index is 1.97. The molecule has 2 aromatic rings. The molecule has 1 heterocycles. The third-order valence-corrected chi connectivity index (χ3v) is 5.61. The summed E-state index contributed by atoms with van der Waals surface area (Å²) < 4.78 is 29.1. The van der Waals surface area contributed by atoms with Gasteiger partial charge < -0.3 is 9.64 Å². The van der Waals surface area contributed by atoms with Crippen LogP contribution in [-0.4, -0.2) is 32.7 Å². The molecule has 3 rings (SSSR count). The monoisotopic (exact) mass is 391 g/mol. The van der Waals surface area contributed by atoms with Gasteiger partial charge in [0.05, 0.1) is 18.4 Å². The van der Waals surface area contributed by atoms with E-state index in [1.54, 1.807) is 54.6 Å². The van der Waals surface area contributed by atoms with Crippen LogP contribution in [0.5, 0.6) is 5.75 Å². The fourth-order valence-electron chi connectivity index (χ4n) is 2.78. The number of ether oxygens (including phenoxy) is 1. The second-order valence-corrected chi connectivity index (χ2v) is 8.20. The molecular weight excluding hydrogens is 374 g/mol. The fraction of sp³-hybridized carbons (Fsp3) is 0.211. The van der Waals surface area contributed by atoms with Crippen LogP contribution in [0.15, 0.2) is 60.0 Å². The van der Waals surface area contributed by atoms with E-state index in [1.807, 2.05) is 6.92 Å². The third kappa shape index (κ3) is 4.08. The molecule has 0 spiro atoms. The molecule has 26 heavy (non-hydrogen) atoms. The number of amides is 1. The van der Waals surface area contributed by atoms with Crippen LogP contribution in [0.4, 0.5) is 5.69 Å². The van der Waals surface area contributed by atoms with Gasteiger partial charge in [-0.2, -0.15) is 0 Å². The van der Waals surface area contributed by atoms with Gasteiger partial charge in [0.2, 0.25) is 0 Å². The van der Waals surface area contributed by atoms with Gasteiger partial charge in [-0.15, -0.1) is 0 Å². The van der Waals surface area contributed by atoms with E-state index in [0.717, 1.165) is 5.41 Å². The van der Waals surface area contributed by atoms with Crippen molar-refractivity contribution in [2.24, 2.45) is 0 Å². The molecule has 1 aliphatic heterocycles. The number of anilines is 1. The van der Waals surface area contributed by atoms with Crippen LogP contribution in [-0.2, 0) is 9.84 Å². The summed E-state index contributed by atoms with van der Waals surface area (Å²) in [7, 11) is -3.31. The Morgan fingerprint density at radius 3 is 2.35 bits per heavy atom. The predicted molar refractivity (Wildman–Crippen MR) is 103 cm³/mol. The molecule has 0 bridgehead atoms.